The molecule has 1 N–H and O–H groups in total. The number of carbonyl (C=O) groups excluding carboxylic acids is 1. The van der Waals surface area contributed by atoms with E-state index >= 15 is 0 Å². The van der Waals surface area contributed by atoms with Gasteiger partial charge in [0.15, 0.2) is 0 Å². The maximum Gasteiger partial charge on any atom is 0.246 e. The summed E-state index contributed by atoms with van der Waals surface area (Å²) in [7, 11) is 7.37. The largest absolute Gasteiger partial charge is 0.355 e. The molecule has 3 heteroatoms. The van der Waals surface area contributed by atoms with Crippen molar-refractivity contribution >= 4 is 13.8 Å². The number of allylic oxidation sites excluding steroid dienone is 3. The van der Waals surface area contributed by atoms with Gasteiger partial charge in [-0.3, -0.25) is 4.79 Å². The summed E-state index contributed by atoms with van der Waals surface area (Å²) >= 11 is 0. The summed E-state index contributed by atoms with van der Waals surface area (Å²) in [6.07, 6.45) is 5.99. The summed E-state index contributed by atoms with van der Waals surface area (Å²) in [5, 5.41) is 2.56. The van der Waals surface area contributed by atoms with Gasteiger partial charge in [0.2, 0.25) is 5.91 Å². The molecule has 0 unspecified atom stereocenters. The Morgan fingerprint density at radius 3 is 2.54 bits per heavy atom. The molecule has 1 aliphatic carbocycles. The highest BCUT2D eigenvalue weighted by Crippen LogP contribution is 2.34. The standard InChI is InChI=1S/C10H14BNO/c1-7(10(13)12-2)3-6-9(11)8-4-5-8/h3,6,8H,4-5H2,1-2H3,(H,12,13)/b7-3+,9-6+. The van der Waals surface area contributed by atoms with E-state index < -0.39 is 0 Å². The zero-order valence-corrected chi connectivity index (χ0v) is 8.13. The van der Waals surface area contributed by atoms with Crippen molar-refractivity contribution in [3.8, 4) is 0 Å². The maximum absolute atomic E-state index is 11.1. The highest BCUT2D eigenvalue weighted by Gasteiger charge is 2.21. The monoisotopic (exact) mass is 175 g/mol. The molecule has 0 atom stereocenters. The Kier molecular flexibility index (Phi) is 3.35. The van der Waals surface area contributed by atoms with Crippen LogP contribution in [0.25, 0.3) is 0 Å². The van der Waals surface area contributed by atoms with E-state index in [1.54, 1.807) is 20.0 Å². The van der Waals surface area contributed by atoms with E-state index in [-0.39, 0.29) is 5.91 Å². The summed E-state index contributed by atoms with van der Waals surface area (Å²) in [5.74, 6) is 0.508. The van der Waals surface area contributed by atoms with Crippen LogP contribution >= 0.6 is 0 Å². The topological polar surface area (TPSA) is 29.1 Å². The van der Waals surface area contributed by atoms with E-state index in [1.165, 1.54) is 12.8 Å². The van der Waals surface area contributed by atoms with Gasteiger partial charge in [0.1, 0.15) is 7.85 Å². The molecule has 13 heavy (non-hydrogen) atoms. The molecule has 0 bridgehead atoms. The highest BCUT2D eigenvalue weighted by atomic mass is 16.1. The predicted octanol–water partition coefficient (Wildman–Crippen LogP) is 1.14. The van der Waals surface area contributed by atoms with Crippen LogP contribution in [0.2, 0.25) is 0 Å². The molecular formula is C10H14BNO. The number of carbonyl (C=O) groups is 1. The third-order valence-electron chi connectivity index (χ3n) is 2.16. The van der Waals surface area contributed by atoms with Crippen LogP contribution in [0.1, 0.15) is 19.8 Å². The zero-order valence-electron chi connectivity index (χ0n) is 8.13. The van der Waals surface area contributed by atoms with Crippen molar-refractivity contribution in [3.63, 3.8) is 0 Å². The molecule has 1 fully saturated rings. The average Bonchev–Trinajstić information content (AvgIpc) is 2.95. The van der Waals surface area contributed by atoms with Crippen molar-refractivity contribution in [3.05, 3.63) is 23.2 Å². The van der Waals surface area contributed by atoms with Crippen molar-refractivity contribution in [2.45, 2.75) is 19.8 Å². The van der Waals surface area contributed by atoms with Crippen LogP contribution < -0.4 is 5.32 Å². The lowest BCUT2D eigenvalue weighted by Crippen LogP contribution is -2.18. The van der Waals surface area contributed by atoms with Gasteiger partial charge in [-0.15, -0.1) is 5.47 Å². The van der Waals surface area contributed by atoms with Crippen molar-refractivity contribution in [1.29, 1.82) is 0 Å². The minimum atomic E-state index is -0.0557. The third-order valence-corrected chi connectivity index (χ3v) is 2.16. The third kappa shape index (κ3) is 3.09. The Morgan fingerprint density at radius 1 is 1.46 bits per heavy atom. The molecule has 0 saturated heterocycles. The van der Waals surface area contributed by atoms with E-state index in [0.717, 1.165) is 5.47 Å². The minimum Gasteiger partial charge on any atom is -0.355 e. The van der Waals surface area contributed by atoms with Gasteiger partial charge in [0.05, 0.1) is 0 Å². The first-order chi connectivity index (χ1) is 6.15. The van der Waals surface area contributed by atoms with Crippen LogP contribution in [0.4, 0.5) is 0 Å². The molecule has 0 aromatic rings. The molecule has 0 aromatic carbocycles. The molecule has 68 valence electrons. The van der Waals surface area contributed by atoms with Gasteiger partial charge < -0.3 is 5.32 Å². The van der Waals surface area contributed by atoms with Crippen molar-refractivity contribution in [2.75, 3.05) is 7.05 Å². The first-order valence-electron chi connectivity index (χ1n) is 4.51. The Hall–Kier alpha value is -0.985. The normalized spacial score (nSPS) is 18.6. The fraction of sp³-hybridized carbons (Fsp3) is 0.500. The lowest BCUT2D eigenvalue weighted by molar-refractivity contribution is -0.116. The second-order valence-corrected chi connectivity index (χ2v) is 3.37. The van der Waals surface area contributed by atoms with Crippen LogP contribution in [-0.4, -0.2) is 20.8 Å². The Morgan fingerprint density at radius 2 is 2.08 bits per heavy atom. The molecule has 1 aliphatic rings. The van der Waals surface area contributed by atoms with Gasteiger partial charge in [0, 0.05) is 12.6 Å². The van der Waals surface area contributed by atoms with Crippen molar-refractivity contribution < 1.29 is 4.79 Å². The van der Waals surface area contributed by atoms with Gasteiger partial charge >= 0.3 is 0 Å². The molecule has 0 spiro atoms. The first-order valence-corrected chi connectivity index (χ1v) is 4.51. The van der Waals surface area contributed by atoms with E-state index in [0.29, 0.717) is 11.5 Å². The zero-order chi connectivity index (χ0) is 9.84. The predicted molar refractivity (Wildman–Crippen MR) is 54.4 cm³/mol. The van der Waals surface area contributed by atoms with Gasteiger partial charge in [-0.2, -0.15) is 0 Å². The van der Waals surface area contributed by atoms with Gasteiger partial charge in [-0.1, -0.05) is 12.2 Å². The van der Waals surface area contributed by atoms with Gasteiger partial charge in [-0.05, 0) is 25.7 Å². The fourth-order valence-corrected chi connectivity index (χ4v) is 1.05. The van der Waals surface area contributed by atoms with Crippen LogP contribution in [0.3, 0.4) is 0 Å². The summed E-state index contributed by atoms with van der Waals surface area (Å²) in [5.41, 5.74) is 1.58. The Labute approximate surface area is 80.5 Å². The fourth-order valence-electron chi connectivity index (χ4n) is 1.05. The molecule has 2 radical (unpaired) electrons. The van der Waals surface area contributed by atoms with Crippen LogP contribution in [0.15, 0.2) is 23.2 Å². The quantitative estimate of drug-likeness (QED) is 0.389. The number of likely N-dealkylation sites (N-methyl/N-ethyl adjacent to an activating group) is 1. The first kappa shape index (κ1) is 10.1. The Balaban J connectivity index is 2.54. The second-order valence-electron chi connectivity index (χ2n) is 3.37. The summed E-state index contributed by atoms with van der Waals surface area (Å²) in [4.78, 5) is 11.1. The van der Waals surface area contributed by atoms with E-state index in [2.05, 4.69) is 5.32 Å². The molecule has 0 aromatic heterocycles. The molecular weight excluding hydrogens is 161 g/mol. The van der Waals surface area contributed by atoms with E-state index in [1.807, 2.05) is 6.08 Å². The van der Waals surface area contributed by atoms with Gasteiger partial charge in [0.25, 0.3) is 0 Å². The second kappa shape index (κ2) is 4.31. The number of amides is 1. The summed E-state index contributed by atoms with van der Waals surface area (Å²) in [6, 6.07) is 0. The van der Waals surface area contributed by atoms with Crippen molar-refractivity contribution in [2.24, 2.45) is 5.92 Å². The number of hydrogen-bond acceptors (Lipinski definition) is 1. The average molecular weight is 175 g/mol. The number of hydrogen-bond donors (Lipinski definition) is 1. The summed E-state index contributed by atoms with van der Waals surface area (Å²) in [6.45, 7) is 1.77. The number of nitrogens with one attached hydrogen (secondary N) is 1. The Bertz CT molecular complexity index is 264. The maximum atomic E-state index is 11.1. The molecule has 0 heterocycles. The van der Waals surface area contributed by atoms with Crippen molar-refractivity contribution in [1.82, 2.24) is 5.32 Å². The minimum absolute atomic E-state index is 0.0557. The lowest BCUT2D eigenvalue weighted by Gasteiger charge is -1.98. The molecule has 1 amide bonds. The van der Waals surface area contributed by atoms with E-state index in [9.17, 15) is 4.79 Å². The van der Waals surface area contributed by atoms with Gasteiger partial charge in [-0.25, -0.2) is 0 Å². The van der Waals surface area contributed by atoms with Crippen LogP contribution in [0.5, 0.6) is 0 Å². The van der Waals surface area contributed by atoms with E-state index in [4.69, 9.17) is 7.85 Å². The molecule has 1 rings (SSSR count). The summed E-state index contributed by atoms with van der Waals surface area (Å²) < 4.78 is 0. The van der Waals surface area contributed by atoms with Crippen LogP contribution in [0, 0.1) is 5.92 Å². The highest BCUT2D eigenvalue weighted by molar-refractivity contribution is 6.22. The molecule has 2 nitrogen and oxygen atoms in total. The smallest absolute Gasteiger partial charge is 0.246 e. The lowest BCUT2D eigenvalue weighted by atomic mass is 9.90. The molecule has 1 saturated carbocycles. The SMILES string of the molecule is [B]/C(=C/C=C(\C)C(=O)NC)C1CC1. The number of rotatable bonds is 3. The molecule has 0 aliphatic heterocycles. The van der Waals surface area contributed by atoms with Crippen LogP contribution in [-0.2, 0) is 4.79 Å².